The van der Waals surface area contributed by atoms with Crippen LogP contribution in [0, 0.1) is 0 Å². The summed E-state index contributed by atoms with van der Waals surface area (Å²) in [6.07, 6.45) is 2.79. The van der Waals surface area contributed by atoms with E-state index >= 15 is 0 Å². The molecule has 0 aliphatic heterocycles. The van der Waals surface area contributed by atoms with Crippen LogP contribution in [0.3, 0.4) is 0 Å². The van der Waals surface area contributed by atoms with Gasteiger partial charge in [0.15, 0.2) is 0 Å². The van der Waals surface area contributed by atoms with Crippen LogP contribution in [0.5, 0.6) is 11.5 Å². The first kappa shape index (κ1) is 16.4. The van der Waals surface area contributed by atoms with Gasteiger partial charge in [-0.25, -0.2) is 9.97 Å². The molecule has 2 aromatic carbocycles. The van der Waals surface area contributed by atoms with Crippen molar-refractivity contribution < 1.29 is 9.84 Å². The standard InChI is InChI=1S/C21H21N3O2/c1-21(2)11-13-12-22-20(23-14-4-6-15(25)7-5-14)24-19(13)17-10-16(26-3)8-9-18(17)21/h4-10,12,25H,11H2,1-3H3,(H,22,23,24). The Hall–Kier alpha value is -3.08. The number of benzene rings is 2. The van der Waals surface area contributed by atoms with Gasteiger partial charge in [-0.15, -0.1) is 0 Å². The second kappa shape index (κ2) is 6.02. The molecule has 3 aromatic rings. The minimum Gasteiger partial charge on any atom is -0.508 e. The van der Waals surface area contributed by atoms with Crippen molar-refractivity contribution >= 4 is 11.6 Å². The molecule has 0 radical (unpaired) electrons. The molecule has 1 aromatic heterocycles. The normalized spacial score (nSPS) is 14.3. The predicted molar refractivity (Wildman–Crippen MR) is 102 cm³/mol. The first-order valence-corrected chi connectivity index (χ1v) is 8.57. The SMILES string of the molecule is COc1ccc2c(c1)-c1nc(Nc3ccc(O)cc3)ncc1CC2(C)C. The van der Waals surface area contributed by atoms with Crippen molar-refractivity contribution in [3.05, 3.63) is 59.8 Å². The number of ether oxygens (including phenoxy) is 1. The maximum Gasteiger partial charge on any atom is 0.227 e. The molecule has 0 atom stereocenters. The van der Waals surface area contributed by atoms with Gasteiger partial charge in [0.25, 0.3) is 0 Å². The second-order valence-corrected chi connectivity index (χ2v) is 7.21. The zero-order chi connectivity index (χ0) is 18.3. The monoisotopic (exact) mass is 347 g/mol. The molecular formula is C21H21N3O2. The van der Waals surface area contributed by atoms with E-state index in [0.29, 0.717) is 5.95 Å². The van der Waals surface area contributed by atoms with Crippen LogP contribution in [0.1, 0.15) is 25.0 Å². The Morgan fingerprint density at radius 3 is 2.62 bits per heavy atom. The Morgan fingerprint density at radius 1 is 1.12 bits per heavy atom. The van der Waals surface area contributed by atoms with Crippen LogP contribution < -0.4 is 10.1 Å². The van der Waals surface area contributed by atoms with Gasteiger partial charge in [0.1, 0.15) is 11.5 Å². The Kier molecular flexibility index (Phi) is 3.80. The van der Waals surface area contributed by atoms with Gasteiger partial charge in [0.05, 0.1) is 12.8 Å². The number of phenols is 1. The summed E-state index contributed by atoms with van der Waals surface area (Å²) < 4.78 is 5.42. The number of hydrogen-bond acceptors (Lipinski definition) is 5. The topological polar surface area (TPSA) is 67.3 Å². The van der Waals surface area contributed by atoms with E-state index in [4.69, 9.17) is 9.72 Å². The van der Waals surface area contributed by atoms with Gasteiger partial charge in [0, 0.05) is 17.4 Å². The molecular weight excluding hydrogens is 326 g/mol. The number of methoxy groups -OCH3 is 1. The number of fused-ring (bicyclic) bond motifs is 3. The molecule has 0 saturated heterocycles. The Balaban J connectivity index is 1.78. The van der Waals surface area contributed by atoms with Gasteiger partial charge < -0.3 is 15.2 Å². The maximum absolute atomic E-state index is 9.42. The molecule has 0 unspecified atom stereocenters. The number of aromatic hydroxyl groups is 1. The third-order valence-corrected chi connectivity index (χ3v) is 4.83. The van der Waals surface area contributed by atoms with E-state index in [1.165, 1.54) is 5.56 Å². The highest BCUT2D eigenvalue weighted by molar-refractivity contribution is 5.74. The molecule has 1 aliphatic carbocycles. The molecule has 0 saturated carbocycles. The summed E-state index contributed by atoms with van der Waals surface area (Å²) in [4.78, 5) is 9.25. The predicted octanol–water partition coefficient (Wildman–Crippen LogP) is 4.44. The number of hydrogen-bond donors (Lipinski definition) is 2. The molecule has 2 N–H and O–H groups in total. The first-order chi connectivity index (χ1) is 12.5. The van der Waals surface area contributed by atoms with Gasteiger partial charge in [-0.3, -0.25) is 0 Å². The fourth-order valence-electron chi connectivity index (χ4n) is 3.51. The molecule has 1 heterocycles. The lowest BCUT2D eigenvalue weighted by Crippen LogP contribution is -2.26. The van der Waals surface area contributed by atoms with Crippen LogP contribution in [0.2, 0.25) is 0 Å². The molecule has 26 heavy (non-hydrogen) atoms. The van der Waals surface area contributed by atoms with Gasteiger partial charge in [-0.1, -0.05) is 19.9 Å². The van der Waals surface area contributed by atoms with Gasteiger partial charge >= 0.3 is 0 Å². The van der Waals surface area contributed by atoms with E-state index in [2.05, 4.69) is 30.2 Å². The van der Waals surface area contributed by atoms with Gasteiger partial charge in [-0.05, 0) is 59.4 Å². The summed E-state index contributed by atoms with van der Waals surface area (Å²) in [6, 6.07) is 13.0. The minimum absolute atomic E-state index is 0.0177. The molecule has 5 nitrogen and oxygen atoms in total. The fraction of sp³-hybridized carbons (Fsp3) is 0.238. The zero-order valence-electron chi connectivity index (χ0n) is 15.1. The lowest BCUT2D eigenvalue weighted by atomic mass is 9.72. The number of anilines is 2. The summed E-state index contributed by atoms with van der Waals surface area (Å²) in [5.41, 5.74) is 5.27. The maximum atomic E-state index is 9.42. The molecule has 0 amide bonds. The average Bonchev–Trinajstić information content (AvgIpc) is 2.63. The van der Waals surface area contributed by atoms with Gasteiger partial charge in [0.2, 0.25) is 5.95 Å². The van der Waals surface area contributed by atoms with Crippen LogP contribution in [0.25, 0.3) is 11.3 Å². The number of nitrogens with one attached hydrogen (secondary N) is 1. The van der Waals surface area contributed by atoms with E-state index in [0.717, 1.165) is 34.7 Å². The van der Waals surface area contributed by atoms with Crippen molar-refractivity contribution in [2.45, 2.75) is 25.7 Å². The van der Waals surface area contributed by atoms with Gasteiger partial charge in [-0.2, -0.15) is 0 Å². The molecule has 1 aliphatic rings. The van der Waals surface area contributed by atoms with Crippen molar-refractivity contribution in [2.75, 3.05) is 12.4 Å². The van der Waals surface area contributed by atoms with E-state index in [1.54, 1.807) is 31.4 Å². The van der Waals surface area contributed by atoms with Crippen LogP contribution in [0.15, 0.2) is 48.7 Å². The average molecular weight is 347 g/mol. The first-order valence-electron chi connectivity index (χ1n) is 8.57. The Bertz CT molecular complexity index is 965. The molecule has 4 rings (SSSR count). The molecule has 0 fully saturated rings. The smallest absolute Gasteiger partial charge is 0.227 e. The van der Waals surface area contributed by atoms with Crippen LogP contribution in [-0.4, -0.2) is 22.2 Å². The second-order valence-electron chi connectivity index (χ2n) is 7.21. The zero-order valence-corrected chi connectivity index (χ0v) is 15.1. The molecule has 0 bridgehead atoms. The Morgan fingerprint density at radius 2 is 1.88 bits per heavy atom. The number of aromatic nitrogens is 2. The van der Waals surface area contributed by atoms with Crippen LogP contribution >= 0.6 is 0 Å². The summed E-state index contributed by atoms with van der Waals surface area (Å²) >= 11 is 0. The number of nitrogens with zero attached hydrogens (tertiary/aromatic N) is 2. The molecule has 132 valence electrons. The molecule has 5 heteroatoms. The lowest BCUT2D eigenvalue weighted by molar-refractivity contribution is 0.414. The van der Waals surface area contributed by atoms with Crippen LogP contribution in [0.4, 0.5) is 11.6 Å². The van der Waals surface area contributed by atoms with Crippen LogP contribution in [-0.2, 0) is 11.8 Å². The minimum atomic E-state index is 0.0177. The van der Waals surface area contributed by atoms with Crippen molar-refractivity contribution in [1.82, 2.24) is 9.97 Å². The third-order valence-electron chi connectivity index (χ3n) is 4.83. The number of rotatable bonds is 3. The van der Waals surface area contributed by atoms with Crippen molar-refractivity contribution in [3.63, 3.8) is 0 Å². The van der Waals surface area contributed by atoms with Crippen molar-refractivity contribution in [2.24, 2.45) is 0 Å². The van der Waals surface area contributed by atoms with E-state index in [9.17, 15) is 5.11 Å². The Labute approximate surface area is 152 Å². The highest BCUT2D eigenvalue weighted by atomic mass is 16.5. The van der Waals surface area contributed by atoms with E-state index < -0.39 is 0 Å². The molecule has 0 spiro atoms. The fourth-order valence-corrected chi connectivity index (χ4v) is 3.51. The van der Waals surface area contributed by atoms with Crippen molar-refractivity contribution in [1.29, 1.82) is 0 Å². The highest BCUT2D eigenvalue weighted by Gasteiger charge is 2.32. The third kappa shape index (κ3) is 2.86. The van der Waals surface area contributed by atoms with E-state index in [1.807, 2.05) is 18.3 Å². The lowest BCUT2D eigenvalue weighted by Gasteiger charge is -2.33. The largest absolute Gasteiger partial charge is 0.508 e. The van der Waals surface area contributed by atoms with Crippen molar-refractivity contribution in [3.8, 4) is 22.8 Å². The summed E-state index contributed by atoms with van der Waals surface area (Å²) in [5.74, 6) is 1.58. The summed E-state index contributed by atoms with van der Waals surface area (Å²) in [6.45, 7) is 4.48. The highest BCUT2D eigenvalue weighted by Crippen LogP contribution is 2.43. The summed E-state index contributed by atoms with van der Waals surface area (Å²) in [5, 5.41) is 12.6. The quantitative estimate of drug-likeness (QED) is 0.686. The summed E-state index contributed by atoms with van der Waals surface area (Å²) in [7, 11) is 1.67. The van der Waals surface area contributed by atoms with E-state index in [-0.39, 0.29) is 11.2 Å². The number of phenolic OH excluding ortho intramolecular Hbond substituents is 1.